The summed E-state index contributed by atoms with van der Waals surface area (Å²) in [6.45, 7) is 0. The molecule has 1 heterocycles. The van der Waals surface area contributed by atoms with Gasteiger partial charge in [0.25, 0.3) is 11.6 Å². The molecule has 1 aliphatic rings. The van der Waals surface area contributed by atoms with Crippen LogP contribution in [0.5, 0.6) is 0 Å². The Morgan fingerprint density at radius 2 is 1.83 bits per heavy atom. The summed E-state index contributed by atoms with van der Waals surface area (Å²) in [7, 11) is 0. The van der Waals surface area contributed by atoms with Crippen molar-refractivity contribution in [1.29, 1.82) is 0 Å². The van der Waals surface area contributed by atoms with Gasteiger partial charge in [-0.3, -0.25) is 19.8 Å². The zero-order valence-electron chi connectivity index (χ0n) is 12.0. The van der Waals surface area contributed by atoms with E-state index in [1.54, 1.807) is 42.5 Å². The zero-order valence-corrected chi connectivity index (χ0v) is 14.4. The Kier molecular flexibility index (Phi) is 4.66. The van der Waals surface area contributed by atoms with Gasteiger partial charge >= 0.3 is 0 Å². The summed E-state index contributed by atoms with van der Waals surface area (Å²) in [5, 5.41) is 11.1. The van der Waals surface area contributed by atoms with Crippen molar-refractivity contribution >= 4 is 63.3 Å². The summed E-state index contributed by atoms with van der Waals surface area (Å²) in [5.41, 5.74) is 1.21. The molecular weight excluding hydrogens is 368 g/mol. The smallest absolute Gasteiger partial charge is 0.268 e. The molecule has 120 valence electrons. The van der Waals surface area contributed by atoms with E-state index in [9.17, 15) is 14.9 Å². The topological polar surface area (TPSA) is 63.4 Å². The van der Waals surface area contributed by atoms with Crippen LogP contribution in [0.3, 0.4) is 0 Å². The highest BCUT2D eigenvalue weighted by atomic mass is 35.5. The molecule has 0 unspecified atom stereocenters. The second-order valence-corrected chi connectivity index (χ2v) is 6.90. The summed E-state index contributed by atoms with van der Waals surface area (Å²) in [6, 6.07) is 12.9. The van der Waals surface area contributed by atoms with E-state index in [1.807, 2.05) is 0 Å². The summed E-state index contributed by atoms with van der Waals surface area (Å²) in [6.07, 6.45) is 1.65. The average molecular weight is 377 g/mol. The lowest BCUT2D eigenvalue weighted by Crippen LogP contribution is -2.27. The SMILES string of the molecule is O=C1C(=Cc2ccc([N+](=O)[O-])cc2)SC(=S)N1c1ccccc1Cl. The third-order valence-electron chi connectivity index (χ3n) is 3.29. The van der Waals surface area contributed by atoms with Crippen LogP contribution in [0.25, 0.3) is 6.08 Å². The highest BCUT2D eigenvalue weighted by molar-refractivity contribution is 8.27. The molecule has 2 aromatic carbocycles. The molecule has 0 aromatic heterocycles. The van der Waals surface area contributed by atoms with Crippen LogP contribution in [0, 0.1) is 10.1 Å². The van der Waals surface area contributed by atoms with Gasteiger partial charge in [0.1, 0.15) is 0 Å². The number of anilines is 1. The number of amides is 1. The Labute approximate surface area is 152 Å². The number of nitrogens with zero attached hydrogens (tertiary/aromatic N) is 2. The lowest BCUT2D eigenvalue weighted by Gasteiger charge is -2.15. The van der Waals surface area contributed by atoms with Crippen molar-refractivity contribution in [1.82, 2.24) is 0 Å². The normalized spacial score (nSPS) is 16.0. The number of nitro benzene ring substituents is 1. The number of hydrogen-bond donors (Lipinski definition) is 0. The quantitative estimate of drug-likeness (QED) is 0.337. The van der Waals surface area contributed by atoms with Crippen LogP contribution in [-0.2, 0) is 4.79 Å². The fraction of sp³-hybridized carbons (Fsp3) is 0. The van der Waals surface area contributed by atoms with Crippen LogP contribution in [0.1, 0.15) is 5.56 Å². The van der Waals surface area contributed by atoms with Gasteiger partial charge in [0.05, 0.1) is 20.5 Å². The number of carbonyl (C=O) groups excluding carboxylic acids is 1. The largest absolute Gasteiger partial charge is 0.270 e. The van der Waals surface area contributed by atoms with Gasteiger partial charge in [-0.1, -0.05) is 47.7 Å². The number of rotatable bonds is 3. The standard InChI is InChI=1S/C16H9ClN2O3S2/c17-12-3-1-2-4-13(12)18-15(20)14(24-16(18)23)9-10-5-7-11(8-6-10)19(21)22/h1-9H. The lowest BCUT2D eigenvalue weighted by atomic mass is 10.2. The Morgan fingerprint density at radius 1 is 1.17 bits per heavy atom. The first-order valence-electron chi connectivity index (χ1n) is 6.74. The fourth-order valence-electron chi connectivity index (χ4n) is 2.15. The number of non-ortho nitro benzene ring substituents is 1. The van der Waals surface area contributed by atoms with Crippen LogP contribution in [0.4, 0.5) is 11.4 Å². The highest BCUT2D eigenvalue weighted by Crippen LogP contribution is 2.38. The van der Waals surface area contributed by atoms with Crippen LogP contribution < -0.4 is 4.90 Å². The van der Waals surface area contributed by atoms with Crippen molar-refractivity contribution in [2.45, 2.75) is 0 Å². The molecule has 0 aliphatic carbocycles. The van der Waals surface area contributed by atoms with Gasteiger partial charge in [-0.15, -0.1) is 0 Å². The Hall–Kier alpha value is -2.22. The minimum absolute atomic E-state index is 0.00392. The average Bonchev–Trinajstić information content (AvgIpc) is 2.83. The molecule has 0 atom stereocenters. The van der Waals surface area contributed by atoms with Gasteiger partial charge in [0.2, 0.25) is 0 Å². The number of halogens is 1. The van der Waals surface area contributed by atoms with Gasteiger partial charge in [-0.2, -0.15) is 0 Å². The van der Waals surface area contributed by atoms with Gasteiger partial charge in [0.15, 0.2) is 4.32 Å². The van der Waals surface area contributed by atoms with Crippen molar-refractivity contribution < 1.29 is 9.72 Å². The number of thiocarbonyl (C=S) groups is 1. The maximum Gasteiger partial charge on any atom is 0.270 e. The monoisotopic (exact) mass is 376 g/mol. The van der Waals surface area contributed by atoms with Gasteiger partial charge in [-0.05, 0) is 35.9 Å². The van der Waals surface area contributed by atoms with E-state index in [2.05, 4.69) is 0 Å². The van der Waals surface area contributed by atoms with Crippen LogP contribution >= 0.6 is 35.6 Å². The first-order valence-corrected chi connectivity index (χ1v) is 8.34. The second kappa shape index (κ2) is 6.72. The third-order valence-corrected chi connectivity index (χ3v) is 4.91. The molecule has 0 bridgehead atoms. The maximum atomic E-state index is 12.6. The van der Waals surface area contributed by atoms with Gasteiger partial charge in [-0.25, -0.2) is 0 Å². The van der Waals surface area contributed by atoms with Crippen molar-refractivity contribution in [2.24, 2.45) is 0 Å². The first-order chi connectivity index (χ1) is 11.5. The summed E-state index contributed by atoms with van der Waals surface area (Å²) < 4.78 is 0.390. The molecule has 3 rings (SSSR count). The number of para-hydroxylation sites is 1. The fourth-order valence-corrected chi connectivity index (χ4v) is 3.66. The van der Waals surface area contributed by atoms with Crippen molar-refractivity contribution in [3.8, 4) is 0 Å². The number of thioether (sulfide) groups is 1. The molecule has 2 aromatic rings. The van der Waals surface area contributed by atoms with E-state index in [0.29, 0.717) is 25.5 Å². The number of nitro groups is 1. The number of carbonyl (C=O) groups is 1. The Balaban J connectivity index is 1.91. The molecule has 0 spiro atoms. The van der Waals surface area contributed by atoms with Crippen molar-refractivity contribution in [3.63, 3.8) is 0 Å². The van der Waals surface area contributed by atoms with E-state index < -0.39 is 4.92 Å². The molecule has 1 aliphatic heterocycles. The summed E-state index contributed by atoms with van der Waals surface area (Å²) in [4.78, 5) is 24.7. The minimum atomic E-state index is -0.472. The van der Waals surface area contributed by atoms with Crippen LogP contribution in [0.15, 0.2) is 53.4 Å². The molecule has 0 N–H and O–H groups in total. The first kappa shape index (κ1) is 16.6. The minimum Gasteiger partial charge on any atom is -0.268 e. The van der Waals surface area contributed by atoms with Gasteiger partial charge < -0.3 is 0 Å². The number of hydrogen-bond acceptors (Lipinski definition) is 5. The number of benzene rings is 2. The second-order valence-electron chi connectivity index (χ2n) is 4.82. The van der Waals surface area contributed by atoms with Crippen molar-refractivity contribution in [2.75, 3.05) is 4.90 Å². The Morgan fingerprint density at radius 3 is 2.46 bits per heavy atom. The summed E-state index contributed by atoms with van der Waals surface area (Å²) >= 11 is 12.6. The third kappa shape index (κ3) is 3.19. The lowest BCUT2D eigenvalue weighted by molar-refractivity contribution is -0.384. The van der Waals surface area contributed by atoms with E-state index in [1.165, 1.54) is 28.8 Å². The predicted molar refractivity (Wildman–Crippen MR) is 100 cm³/mol. The molecule has 0 saturated carbocycles. The van der Waals surface area contributed by atoms with E-state index in [4.69, 9.17) is 23.8 Å². The summed E-state index contributed by atoms with van der Waals surface area (Å²) in [5.74, 6) is -0.267. The van der Waals surface area contributed by atoms with E-state index in [-0.39, 0.29) is 11.6 Å². The Bertz CT molecular complexity index is 881. The molecule has 1 amide bonds. The highest BCUT2D eigenvalue weighted by Gasteiger charge is 2.34. The molecule has 1 fully saturated rings. The molecule has 5 nitrogen and oxygen atoms in total. The van der Waals surface area contributed by atoms with Crippen molar-refractivity contribution in [3.05, 3.63) is 74.1 Å². The maximum absolute atomic E-state index is 12.6. The predicted octanol–water partition coefficient (Wildman–Crippen LogP) is 4.65. The molecule has 0 radical (unpaired) electrons. The molecule has 24 heavy (non-hydrogen) atoms. The van der Waals surface area contributed by atoms with Gasteiger partial charge in [0, 0.05) is 12.1 Å². The van der Waals surface area contributed by atoms with Crippen LogP contribution in [-0.4, -0.2) is 15.2 Å². The van der Waals surface area contributed by atoms with E-state index in [0.717, 1.165) is 0 Å². The molecule has 1 saturated heterocycles. The zero-order chi connectivity index (χ0) is 17.3. The van der Waals surface area contributed by atoms with E-state index >= 15 is 0 Å². The molecular formula is C16H9ClN2O3S2. The van der Waals surface area contributed by atoms with Crippen LogP contribution in [0.2, 0.25) is 5.02 Å². The molecule has 8 heteroatoms.